The molecule has 0 heterocycles. The van der Waals surface area contributed by atoms with Crippen LogP contribution in [0.25, 0.3) is 0 Å². The first-order chi connectivity index (χ1) is 6.67. The summed E-state index contributed by atoms with van der Waals surface area (Å²) in [6.45, 7) is 6.84. The largest absolute Gasteiger partial charge is 0.307 e. The molecule has 0 saturated heterocycles. The smallest absolute Gasteiger partial charge is 0.0504 e. The molecule has 1 nitrogen and oxygen atoms in total. The van der Waals surface area contributed by atoms with Crippen LogP contribution >= 0.6 is 31.9 Å². The van der Waals surface area contributed by atoms with Crippen molar-refractivity contribution in [3.05, 3.63) is 45.4 Å². The maximum atomic E-state index is 3.82. The molecule has 1 aromatic rings. The summed E-state index contributed by atoms with van der Waals surface area (Å²) in [4.78, 5) is 0. The van der Waals surface area contributed by atoms with Crippen molar-refractivity contribution >= 4 is 31.9 Å². The van der Waals surface area contributed by atoms with Crippen LogP contribution in [0, 0.1) is 0 Å². The van der Waals surface area contributed by atoms with Gasteiger partial charge in [0.2, 0.25) is 0 Å². The quantitative estimate of drug-likeness (QED) is 0.826. The number of benzene rings is 1. The predicted octanol–water partition coefficient (Wildman–Crippen LogP) is 4.05. The highest BCUT2D eigenvalue weighted by molar-refractivity contribution is 9.11. The normalized spacial score (nSPS) is 12.5. The van der Waals surface area contributed by atoms with E-state index < -0.39 is 0 Å². The highest BCUT2D eigenvalue weighted by Gasteiger charge is 2.06. The minimum Gasteiger partial charge on any atom is -0.307 e. The molecule has 0 aliphatic carbocycles. The zero-order valence-corrected chi connectivity index (χ0v) is 11.2. The van der Waals surface area contributed by atoms with Gasteiger partial charge in [-0.2, -0.15) is 0 Å². The molecular formula is C11H13Br2N. The maximum absolute atomic E-state index is 3.82. The number of rotatable bonds is 4. The van der Waals surface area contributed by atoms with Crippen LogP contribution in [-0.4, -0.2) is 6.54 Å². The molecule has 0 bridgehead atoms. The molecule has 0 aromatic heterocycles. The summed E-state index contributed by atoms with van der Waals surface area (Å²) in [6.07, 6.45) is 1.91. The Morgan fingerprint density at radius 2 is 1.93 bits per heavy atom. The number of nitrogens with one attached hydrogen (secondary N) is 1. The van der Waals surface area contributed by atoms with E-state index >= 15 is 0 Å². The average molecular weight is 319 g/mol. The van der Waals surface area contributed by atoms with Gasteiger partial charge in [-0.15, -0.1) is 6.58 Å². The topological polar surface area (TPSA) is 12.0 Å². The van der Waals surface area contributed by atoms with E-state index in [0.717, 1.165) is 15.5 Å². The third-order valence-electron chi connectivity index (χ3n) is 1.90. The summed E-state index contributed by atoms with van der Waals surface area (Å²) < 4.78 is 2.15. The number of likely N-dealkylation sites (N-methyl/N-ethyl adjacent to an activating group) is 1. The standard InChI is InChI=1S/C11H13Br2N/c1-3-11(14-4-2)8-5-9(12)7-10(13)6-8/h3,5-7,11,14H,1,4H2,2H3. The predicted molar refractivity (Wildman–Crippen MR) is 68.5 cm³/mol. The Morgan fingerprint density at radius 3 is 2.36 bits per heavy atom. The number of halogens is 2. The summed E-state index contributed by atoms with van der Waals surface area (Å²) in [6, 6.07) is 6.43. The van der Waals surface area contributed by atoms with Gasteiger partial charge in [0, 0.05) is 8.95 Å². The van der Waals surface area contributed by atoms with Crippen LogP contribution in [0.2, 0.25) is 0 Å². The van der Waals surface area contributed by atoms with Crippen molar-refractivity contribution in [3.8, 4) is 0 Å². The zero-order chi connectivity index (χ0) is 10.6. The summed E-state index contributed by atoms with van der Waals surface area (Å²) in [5.74, 6) is 0. The van der Waals surface area contributed by atoms with Crippen LogP contribution < -0.4 is 5.32 Å². The first-order valence-electron chi connectivity index (χ1n) is 4.49. The second-order valence-electron chi connectivity index (χ2n) is 2.97. The Bertz CT molecular complexity index is 303. The van der Waals surface area contributed by atoms with Gasteiger partial charge in [-0.25, -0.2) is 0 Å². The van der Waals surface area contributed by atoms with E-state index in [9.17, 15) is 0 Å². The fraction of sp³-hybridized carbons (Fsp3) is 0.273. The molecule has 1 aromatic carbocycles. The molecule has 0 radical (unpaired) electrons. The van der Waals surface area contributed by atoms with Gasteiger partial charge in [0.05, 0.1) is 6.04 Å². The molecular weight excluding hydrogens is 306 g/mol. The Morgan fingerprint density at radius 1 is 1.36 bits per heavy atom. The van der Waals surface area contributed by atoms with Gasteiger partial charge >= 0.3 is 0 Å². The van der Waals surface area contributed by atoms with Crippen molar-refractivity contribution in [2.24, 2.45) is 0 Å². The molecule has 0 spiro atoms. The first kappa shape index (κ1) is 12.0. The molecule has 1 atom stereocenters. The summed E-state index contributed by atoms with van der Waals surface area (Å²) in [5, 5.41) is 3.34. The molecule has 0 saturated carbocycles. The van der Waals surface area contributed by atoms with E-state index in [4.69, 9.17) is 0 Å². The minimum absolute atomic E-state index is 0.216. The molecule has 1 N–H and O–H groups in total. The number of hydrogen-bond acceptors (Lipinski definition) is 1. The highest BCUT2D eigenvalue weighted by Crippen LogP contribution is 2.24. The molecule has 0 amide bonds. The Labute approximate surface area is 102 Å². The molecule has 1 rings (SSSR count). The average Bonchev–Trinajstić information content (AvgIpc) is 2.12. The molecule has 0 aliphatic heterocycles. The molecule has 1 unspecified atom stereocenters. The highest BCUT2D eigenvalue weighted by atomic mass is 79.9. The van der Waals surface area contributed by atoms with E-state index in [0.29, 0.717) is 0 Å². The summed E-state index contributed by atoms with van der Waals surface area (Å²) in [5.41, 5.74) is 1.21. The van der Waals surface area contributed by atoms with Gasteiger partial charge < -0.3 is 5.32 Å². The second-order valence-corrected chi connectivity index (χ2v) is 4.81. The fourth-order valence-electron chi connectivity index (χ4n) is 1.31. The second kappa shape index (κ2) is 5.69. The molecule has 14 heavy (non-hydrogen) atoms. The van der Waals surface area contributed by atoms with Crippen molar-refractivity contribution in [2.45, 2.75) is 13.0 Å². The fourth-order valence-corrected chi connectivity index (χ4v) is 2.64. The monoisotopic (exact) mass is 317 g/mol. The lowest BCUT2D eigenvalue weighted by Crippen LogP contribution is -2.18. The van der Waals surface area contributed by atoms with Gasteiger partial charge in [-0.3, -0.25) is 0 Å². The maximum Gasteiger partial charge on any atom is 0.0504 e. The van der Waals surface area contributed by atoms with Crippen LogP contribution in [-0.2, 0) is 0 Å². The van der Waals surface area contributed by atoms with E-state index in [-0.39, 0.29) is 6.04 Å². The van der Waals surface area contributed by atoms with E-state index in [2.05, 4.69) is 62.8 Å². The van der Waals surface area contributed by atoms with Crippen LogP contribution in [0.4, 0.5) is 0 Å². The van der Waals surface area contributed by atoms with Crippen LogP contribution in [0.15, 0.2) is 39.8 Å². The first-order valence-corrected chi connectivity index (χ1v) is 6.08. The lowest BCUT2D eigenvalue weighted by molar-refractivity contribution is 0.648. The van der Waals surface area contributed by atoms with E-state index in [1.807, 2.05) is 12.1 Å². The Balaban J connectivity index is 2.97. The third-order valence-corrected chi connectivity index (χ3v) is 2.82. The third kappa shape index (κ3) is 3.23. The summed E-state index contributed by atoms with van der Waals surface area (Å²) in [7, 11) is 0. The van der Waals surface area contributed by atoms with Crippen LogP contribution in [0.1, 0.15) is 18.5 Å². The molecule has 3 heteroatoms. The van der Waals surface area contributed by atoms with Crippen molar-refractivity contribution in [3.63, 3.8) is 0 Å². The molecule has 0 fully saturated rings. The SMILES string of the molecule is C=CC(NCC)c1cc(Br)cc(Br)c1. The van der Waals surface area contributed by atoms with Crippen LogP contribution in [0.5, 0.6) is 0 Å². The number of hydrogen-bond donors (Lipinski definition) is 1. The van der Waals surface area contributed by atoms with Gasteiger partial charge in [-0.05, 0) is 30.3 Å². The van der Waals surface area contributed by atoms with Crippen LogP contribution in [0.3, 0.4) is 0 Å². The molecule has 76 valence electrons. The summed E-state index contributed by atoms with van der Waals surface area (Å²) >= 11 is 6.94. The van der Waals surface area contributed by atoms with Gasteiger partial charge in [-0.1, -0.05) is 44.9 Å². The van der Waals surface area contributed by atoms with E-state index in [1.54, 1.807) is 0 Å². The minimum atomic E-state index is 0.216. The van der Waals surface area contributed by atoms with Gasteiger partial charge in [0.25, 0.3) is 0 Å². The van der Waals surface area contributed by atoms with Crippen molar-refractivity contribution in [2.75, 3.05) is 6.54 Å². The lowest BCUT2D eigenvalue weighted by Gasteiger charge is -2.14. The Hall–Kier alpha value is -0.120. The van der Waals surface area contributed by atoms with Gasteiger partial charge in [0.1, 0.15) is 0 Å². The lowest BCUT2D eigenvalue weighted by atomic mass is 10.1. The van der Waals surface area contributed by atoms with Gasteiger partial charge in [0.15, 0.2) is 0 Å². The van der Waals surface area contributed by atoms with Crippen molar-refractivity contribution in [1.82, 2.24) is 5.32 Å². The molecule has 0 aliphatic rings. The zero-order valence-electron chi connectivity index (χ0n) is 8.06. The Kier molecular flexibility index (Phi) is 4.85. The van der Waals surface area contributed by atoms with Crippen molar-refractivity contribution in [1.29, 1.82) is 0 Å². The van der Waals surface area contributed by atoms with E-state index in [1.165, 1.54) is 5.56 Å². The van der Waals surface area contributed by atoms with Crippen molar-refractivity contribution < 1.29 is 0 Å².